The van der Waals surface area contributed by atoms with Crippen LogP contribution in [-0.2, 0) is 0 Å². The van der Waals surface area contributed by atoms with Crippen molar-refractivity contribution in [2.45, 2.75) is 31.8 Å². The maximum absolute atomic E-state index is 12.7. The summed E-state index contributed by atoms with van der Waals surface area (Å²) in [6, 6.07) is 8.72. The molecule has 0 radical (unpaired) electrons. The number of methoxy groups -OCH3 is 1. The van der Waals surface area contributed by atoms with Crippen LogP contribution in [0.5, 0.6) is 5.06 Å². The number of nitrogens with one attached hydrogen (secondary N) is 1. The molecule has 3 aliphatic rings. The second-order valence-corrected chi connectivity index (χ2v) is 8.73. The van der Waals surface area contributed by atoms with E-state index in [1.165, 1.54) is 25.9 Å². The van der Waals surface area contributed by atoms with Crippen LogP contribution in [0.2, 0.25) is 0 Å². The van der Waals surface area contributed by atoms with Gasteiger partial charge in [0.1, 0.15) is 0 Å². The largest absolute Gasteiger partial charge is 0.487 e. The van der Waals surface area contributed by atoms with Crippen molar-refractivity contribution in [3.8, 4) is 14.8 Å². The third-order valence-corrected chi connectivity index (χ3v) is 7.66. The Morgan fingerprint density at radius 2 is 1.88 bits per heavy atom. The Labute approximate surface area is 150 Å². The van der Waals surface area contributed by atoms with Crippen LogP contribution in [0.15, 0.2) is 24.3 Å². The summed E-state index contributed by atoms with van der Waals surface area (Å²) >= 11 is 3.16. The van der Waals surface area contributed by atoms with Gasteiger partial charge in [-0.3, -0.25) is 9.69 Å². The fourth-order valence-electron chi connectivity index (χ4n) is 3.92. The van der Waals surface area contributed by atoms with Gasteiger partial charge in [-0.15, -0.1) is 11.3 Å². The highest BCUT2D eigenvalue weighted by Gasteiger charge is 2.40. The fourth-order valence-corrected chi connectivity index (χ4v) is 5.74. The summed E-state index contributed by atoms with van der Waals surface area (Å²) in [6.07, 6.45) is 2.42. The molecule has 1 N–H and O–H groups in total. The van der Waals surface area contributed by atoms with E-state index in [1.54, 1.807) is 29.8 Å². The molecular formula is C18H22N2O2S2. The van der Waals surface area contributed by atoms with E-state index in [-0.39, 0.29) is 11.9 Å². The Balaban J connectivity index is 1.47. The lowest BCUT2D eigenvalue weighted by Crippen LogP contribution is -2.62. The Bertz CT molecular complexity index is 729. The van der Waals surface area contributed by atoms with Crippen molar-refractivity contribution in [3.05, 3.63) is 29.1 Å². The molecule has 24 heavy (non-hydrogen) atoms. The summed E-state index contributed by atoms with van der Waals surface area (Å²) in [4.78, 5) is 18.3. The van der Waals surface area contributed by atoms with Gasteiger partial charge >= 0.3 is 0 Å². The molecule has 0 aromatic carbocycles. The summed E-state index contributed by atoms with van der Waals surface area (Å²) in [5.74, 6) is 0.704. The third kappa shape index (κ3) is 2.87. The molecule has 1 amide bonds. The molecular weight excluding hydrogens is 340 g/mol. The molecule has 2 aromatic heterocycles. The van der Waals surface area contributed by atoms with E-state index < -0.39 is 0 Å². The van der Waals surface area contributed by atoms with Gasteiger partial charge in [-0.05, 0) is 63.0 Å². The molecule has 4 nitrogen and oxygen atoms in total. The van der Waals surface area contributed by atoms with Crippen LogP contribution in [0.25, 0.3) is 9.75 Å². The summed E-state index contributed by atoms with van der Waals surface area (Å²) in [5.41, 5.74) is 0. The molecule has 0 saturated carbocycles. The van der Waals surface area contributed by atoms with E-state index in [0.29, 0.717) is 12.0 Å². The molecule has 3 aliphatic heterocycles. The number of nitrogens with zero attached hydrogens (tertiary/aromatic N) is 1. The number of hydrogen-bond donors (Lipinski definition) is 1. The van der Waals surface area contributed by atoms with Crippen LogP contribution in [0.1, 0.15) is 29.4 Å². The second kappa shape index (κ2) is 6.50. The lowest BCUT2D eigenvalue weighted by atomic mass is 9.79. The highest BCUT2D eigenvalue weighted by molar-refractivity contribution is 7.23. The number of amides is 1. The van der Waals surface area contributed by atoms with Gasteiger partial charge in [0, 0.05) is 21.8 Å². The van der Waals surface area contributed by atoms with E-state index in [4.69, 9.17) is 4.74 Å². The van der Waals surface area contributed by atoms with Gasteiger partial charge in [-0.2, -0.15) is 0 Å². The molecule has 3 saturated heterocycles. The zero-order valence-corrected chi connectivity index (χ0v) is 15.6. The zero-order chi connectivity index (χ0) is 16.7. The normalized spacial score (nSPS) is 28.8. The van der Waals surface area contributed by atoms with Crippen molar-refractivity contribution >= 4 is 28.6 Å². The van der Waals surface area contributed by atoms with Crippen molar-refractivity contribution in [3.63, 3.8) is 0 Å². The Kier molecular flexibility index (Phi) is 4.37. The van der Waals surface area contributed by atoms with Crippen molar-refractivity contribution < 1.29 is 9.53 Å². The molecule has 0 spiro atoms. The zero-order valence-electron chi connectivity index (χ0n) is 14.0. The second-order valence-electron chi connectivity index (χ2n) is 6.60. The summed E-state index contributed by atoms with van der Waals surface area (Å²) < 4.78 is 5.25. The number of piperidine rings is 3. The van der Waals surface area contributed by atoms with Gasteiger partial charge in [0.25, 0.3) is 5.91 Å². The number of ether oxygens (including phenoxy) is 1. The SMILES string of the molecule is COc1ccc(-c2ccc(C(=O)N[C@@H]3C4CCN(CC4)[C@H]3C)s2)s1. The lowest BCUT2D eigenvalue weighted by molar-refractivity contribution is 0.0218. The Morgan fingerprint density at radius 1 is 1.17 bits per heavy atom. The van der Waals surface area contributed by atoms with Crippen LogP contribution in [0.3, 0.4) is 0 Å². The number of thiophene rings is 2. The van der Waals surface area contributed by atoms with Crippen molar-refractivity contribution in [1.29, 1.82) is 0 Å². The molecule has 2 atom stereocenters. The smallest absolute Gasteiger partial charge is 0.261 e. The van der Waals surface area contributed by atoms with E-state index in [0.717, 1.165) is 19.7 Å². The Morgan fingerprint density at radius 3 is 2.54 bits per heavy atom. The van der Waals surface area contributed by atoms with Crippen molar-refractivity contribution in [1.82, 2.24) is 10.2 Å². The first kappa shape index (κ1) is 16.1. The predicted octanol–water partition coefficient (Wildman–Crippen LogP) is 3.70. The quantitative estimate of drug-likeness (QED) is 0.902. The average molecular weight is 363 g/mol. The van der Waals surface area contributed by atoms with E-state index >= 15 is 0 Å². The van der Waals surface area contributed by atoms with Crippen LogP contribution in [-0.4, -0.2) is 43.1 Å². The van der Waals surface area contributed by atoms with Gasteiger partial charge in [0.05, 0.1) is 12.0 Å². The predicted molar refractivity (Wildman–Crippen MR) is 99.2 cm³/mol. The molecule has 6 heteroatoms. The molecule has 2 bridgehead atoms. The number of rotatable bonds is 4. The minimum Gasteiger partial charge on any atom is -0.487 e. The first-order valence-electron chi connectivity index (χ1n) is 8.44. The van der Waals surface area contributed by atoms with E-state index in [2.05, 4.69) is 17.1 Å². The average Bonchev–Trinajstić information content (AvgIpc) is 3.27. The minimum atomic E-state index is 0.0698. The van der Waals surface area contributed by atoms with Gasteiger partial charge in [0.2, 0.25) is 0 Å². The summed E-state index contributed by atoms with van der Waals surface area (Å²) in [6.45, 7) is 4.61. The van der Waals surface area contributed by atoms with Gasteiger partial charge in [-0.1, -0.05) is 11.3 Å². The molecule has 5 rings (SSSR count). The monoisotopic (exact) mass is 362 g/mol. The number of fused-ring (bicyclic) bond motifs is 3. The topological polar surface area (TPSA) is 41.6 Å². The van der Waals surface area contributed by atoms with Crippen LogP contribution >= 0.6 is 22.7 Å². The molecule has 128 valence electrons. The third-order valence-electron chi connectivity index (χ3n) is 5.33. The molecule has 0 unspecified atom stereocenters. The lowest BCUT2D eigenvalue weighted by Gasteiger charge is -2.49. The van der Waals surface area contributed by atoms with Crippen molar-refractivity contribution in [2.75, 3.05) is 20.2 Å². The number of carbonyl (C=O) groups is 1. The fraction of sp³-hybridized carbons (Fsp3) is 0.500. The van der Waals surface area contributed by atoms with E-state index in [9.17, 15) is 4.79 Å². The molecule has 2 aromatic rings. The highest BCUT2D eigenvalue weighted by Crippen LogP contribution is 2.37. The number of carbonyl (C=O) groups excluding carboxylic acids is 1. The molecule has 0 aliphatic carbocycles. The molecule has 5 heterocycles. The first-order chi connectivity index (χ1) is 11.7. The highest BCUT2D eigenvalue weighted by atomic mass is 32.1. The van der Waals surface area contributed by atoms with E-state index in [1.807, 2.05) is 24.3 Å². The van der Waals surface area contributed by atoms with Gasteiger partial charge in [0.15, 0.2) is 5.06 Å². The Hall–Kier alpha value is -1.37. The number of hydrogen-bond acceptors (Lipinski definition) is 5. The summed E-state index contributed by atoms with van der Waals surface area (Å²) in [7, 11) is 1.68. The minimum absolute atomic E-state index is 0.0698. The maximum Gasteiger partial charge on any atom is 0.261 e. The summed E-state index contributed by atoms with van der Waals surface area (Å²) in [5, 5.41) is 4.20. The molecule has 3 fully saturated rings. The van der Waals surface area contributed by atoms with Gasteiger partial charge in [-0.25, -0.2) is 0 Å². The van der Waals surface area contributed by atoms with Crippen molar-refractivity contribution in [2.24, 2.45) is 5.92 Å². The van der Waals surface area contributed by atoms with Crippen LogP contribution < -0.4 is 10.1 Å². The maximum atomic E-state index is 12.7. The van der Waals surface area contributed by atoms with Gasteiger partial charge < -0.3 is 10.1 Å². The standard InChI is InChI=1S/C18H22N2O2S2/c1-11-17(12-7-9-20(11)10-8-12)19-18(21)15-4-3-13(23-15)14-5-6-16(22-2)24-14/h3-6,11-12,17H,7-10H2,1-2H3,(H,19,21)/t11-,17-/m0/s1. The van der Waals surface area contributed by atoms with Crippen LogP contribution in [0.4, 0.5) is 0 Å². The van der Waals surface area contributed by atoms with Crippen LogP contribution in [0, 0.1) is 5.92 Å². The first-order valence-corrected chi connectivity index (χ1v) is 10.1.